The first-order valence-electron chi connectivity index (χ1n) is 7.71. The van der Waals surface area contributed by atoms with Crippen LogP contribution >= 0.6 is 0 Å². The normalized spacial score (nSPS) is 12.5. The number of hydrogen-bond donors (Lipinski definition) is 1. The van der Waals surface area contributed by atoms with E-state index >= 15 is 0 Å². The van der Waals surface area contributed by atoms with E-state index in [-0.39, 0.29) is 0 Å². The van der Waals surface area contributed by atoms with E-state index in [0.29, 0.717) is 5.92 Å². The Kier molecular flexibility index (Phi) is 9.38. The molecule has 0 saturated heterocycles. The molecular formula is C17H29NO. The van der Waals surface area contributed by atoms with E-state index in [2.05, 4.69) is 49.5 Å². The number of ether oxygens (including phenoxy) is 1. The molecule has 2 heteroatoms. The summed E-state index contributed by atoms with van der Waals surface area (Å²) in [6, 6.07) is 10.8. The van der Waals surface area contributed by atoms with Crippen molar-refractivity contribution in [2.45, 2.75) is 45.4 Å². The predicted octanol–water partition coefficient (Wildman–Crippen LogP) is 3.98. The van der Waals surface area contributed by atoms with Crippen molar-refractivity contribution in [1.82, 2.24) is 5.32 Å². The summed E-state index contributed by atoms with van der Waals surface area (Å²) in [5.74, 6) is 0.564. The first kappa shape index (κ1) is 16.2. The Morgan fingerprint density at radius 2 is 1.84 bits per heavy atom. The molecule has 0 heterocycles. The summed E-state index contributed by atoms with van der Waals surface area (Å²) in [7, 11) is 0. The second kappa shape index (κ2) is 11.0. The lowest BCUT2D eigenvalue weighted by Crippen LogP contribution is -2.23. The van der Waals surface area contributed by atoms with Crippen molar-refractivity contribution < 1.29 is 4.74 Å². The molecule has 19 heavy (non-hydrogen) atoms. The highest BCUT2D eigenvalue weighted by atomic mass is 16.5. The van der Waals surface area contributed by atoms with Crippen LogP contribution in [0.2, 0.25) is 0 Å². The number of unbranched alkanes of at least 4 members (excludes halogenated alkanes) is 1. The second-order valence-electron chi connectivity index (χ2n) is 5.07. The molecule has 0 saturated carbocycles. The third-order valence-electron chi connectivity index (χ3n) is 3.34. The summed E-state index contributed by atoms with van der Waals surface area (Å²) in [6.45, 7) is 8.33. The number of hydrogen-bond acceptors (Lipinski definition) is 2. The third-order valence-corrected chi connectivity index (χ3v) is 3.34. The summed E-state index contributed by atoms with van der Waals surface area (Å²) in [6.07, 6.45) is 4.67. The molecule has 0 fully saturated rings. The van der Waals surface area contributed by atoms with Crippen molar-refractivity contribution in [1.29, 1.82) is 0 Å². The molecule has 1 unspecified atom stereocenters. The summed E-state index contributed by atoms with van der Waals surface area (Å²) in [5.41, 5.74) is 1.42. The maximum atomic E-state index is 5.70. The Bertz CT molecular complexity index is 299. The zero-order chi connectivity index (χ0) is 13.8. The van der Waals surface area contributed by atoms with E-state index < -0.39 is 0 Å². The minimum absolute atomic E-state index is 0.564. The van der Waals surface area contributed by atoms with Crippen LogP contribution in [0.5, 0.6) is 0 Å². The van der Waals surface area contributed by atoms with Gasteiger partial charge in [0, 0.05) is 19.8 Å². The fraction of sp³-hybridized carbons (Fsp3) is 0.647. The molecule has 0 aliphatic rings. The molecule has 0 amide bonds. The van der Waals surface area contributed by atoms with Gasteiger partial charge in [0.05, 0.1) is 0 Å². The molecule has 1 aromatic rings. The topological polar surface area (TPSA) is 21.3 Å². The molecule has 0 bridgehead atoms. The van der Waals surface area contributed by atoms with Gasteiger partial charge in [0.1, 0.15) is 0 Å². The molecule has 0 spiro atoms. The van der Waals surface area contributed by atoms with E-state index in [1.165, 1.54) is 24.8 Å². The summed E-state index contributed by atoms with van der Waals surface area (Å²) < 4.78 is 5.70. The molecule has 0 radical (unpaired) electrons. The highest BCUT2D eigenvalue weighted by molar-refractivity contribution is 5.19. The van der Waals surface area contributed by atoms with Crippen LogP contribution in [0.15, 0.2) is 30.3 Å². The summed E-state index contributed by atoms with van der Waals surface area (Å²) >= 11 is 0. The van der Waals surface area contributed by atoms with Crippen molar-refractivity contribution in [3.05, 3.63) is 35.9 Å². The van der Waals surface area contributed by atoms with Crippen LogP contribution in [0.25, 0.3) is 0 Å². The quantitative estimate of drug-likeness (QED) is 0.610. The fourth-order valence-electron chi connectivity index (χ4n) is 2.14. The SMILES string of the molecule is CCCCOCCC(CNCCC)c1ccccc1. The highest BCUT2D eigenvalue weighted by Crippen LogP contribution is 2.18. The van der Waals surface area contributed by atoms with Crippen LogP contribution < -0.4 is 5.32 Å². The Morgan fingerprint density at radius 1 is 1.05 bits per heavy atom. The maximum absolute atomic E-state index is 5.70. The van der Waals surface area contributed by atoms with E-state index in [4.69, 9.17) is 4.74 Å². The van der Waals surface area contributed by atoms with Gasteiger partial charge in [-0.05, 0) is 37.3 Å². The average molecular weight is 263 g/mol. The molecule has 1 N–H and O–H groups in total. The number of rotatable bonds is 11. The monoisotopic (exact) mass is 263 g/mol. The van der Waals surface area contributed by atoms with Crippen molar-refractivity contribution in [3.63, 3.8) is 0 Å². The Labute approximate surface area is 118 Å². The second-order valence-corrected chi connectivity index (χ2v) is 5.07. The van der Waals surface area contributed by atoms with Gasteiger partial charge in [-0.25, -0.2) is 0 Å². The maximum Gasteiger partial charge on any atom is 0.0472 e. The molecular weight excluding hydrogens is 234 g/mol. The zero-order valence-corrected chi connectivity index (χ0v) is 12.5. The number of nitrogens with one attached hydrogen (secondary N) is 1. The van der Waals surface area contributed by atoms with Gasteiger partial charge in [0.2, 0.25) is 0 Å². The van der Waals surface area contributed by atoms with Crippen molar-refractivity contribution in [3.8, 4) is 0 Å². The molecule has 0 aliphatic carbocycles. The van der Waals surface area contributed by atoms with Gasteiger partial charge in [-0.15, -0.1) is 0 Å². The largest absolute Gasteiger partial charge is 0.381 e. The fourth-order valence-corrected chi connectivity index (χ4v) is 2.14. The third kappa shape index (κ3) is 7.34. The van der Waals surface area contributed by atoms with Gasteiger partial charge in [-0.3, -0.25) is 0 Å². The van der Waals surface area contributed by atoms with Crippen LogP contribution in [0.4, 0.5) is 0 Å². The van der Waals surface area contributed by atoms with Gasteiger partial charge >= 0.3 is 0 Å². The Hall–Kier alpha value is -0.860. The first-order valence-corrected chi connectivity index (χ1v) is 7.71. The van der Waals surface area contributed by atoms with Gasteiger partial charge < -0.3 is 10.1 Å². The minimum atomic E-state index is 0.564. The molecule has 1 rings (SSSR count). The van der Waals surface area contributed by atoms with Crippen molar-refractivity contribution >= 4 is 0 Å². The molecule has 0 aliphatic heterocycles. The minimum Gasteiger partial charge on any atom is -0.381 e. The van der Waals surface area contributed by atoms with Gasteiger partial charge in [0.15, 0.2) is 0 Å². The van der Waals surface area contributed by atoms with Crippen LogP contribution in [-0.2, 0) is 4.74 Å². The van der Waals surface area contributed by atoms with Crippen LogP contribution in [0.1, 0.15) is 51.0 Å². The first-order chi connectivity index (χ1) is 9.38. The summed E-state index contributed by atoms with van der Waals surface area (Å²) in [5, 5.41) is 3.53. The van der Waals surface area contributed by atoms with Crippen LogP contribution in [0, 0.1) is 0 Å². The number of benzene rings is 1. The Morgan fingerprint density at radius 3 is 2.53 bits per heavy atom. The standard InChI is InChI=1S/C17H29NO/c1-3-5-13-19-14-11-17(15-18-12-4-2)16-9-7-6-8-10-16/h6-10,17-18H,3-5,11-15H2,1-2H3. The van der Waals surface area contributed by atoms with Gasteiger partial charge in [0.25, 0.3) is 0 Å². The van der Waals surface area contributed by atoms with Crippen LogP contribution in [0.3, 0.4) is 0 Å². The molecule has 2 nitrogen and oxygen atoms in total. The van der Waals surface area contributed by atoms with E-state index in [1.807, 2.05) is 0 Å². The van der Waals surface area contributed by atoms with E-state index in [9.17, 15) is 0 Å². The average Bonchev–Trinajstić information content (AvgIpc) is 2.46. The smallest absolute Gasteiger partial charge is 0.0472 e. The van der Waals surface area contributed by atoms with E-state index in [1.54, 1.807) is 0 Å². The van der Waals surface area contributed by atoms with Crippen molar-refractivity contribution in [2.75, 3.05) is 26.3 Å². The van der Waals surface area contributed by atoms with Gasteiger partial charge in [-0.1, -0.05) is 50.6 Å². The lowest BCUT2D eigenvalue weighted by Gasteiger charge is -2.18. The molecule has 1 atom stereocenters. The predicted molar refractivity (Wildman–Crippen MR) is 82.7 cm³/mol. The Balaban J connectivity index is 2.36. The van der Waals surface area contributed by atoms with Crippen molar-refractivity contribution in [2.24, 2.45) is 0 Å². The highest BCUT2D eigenvalue weighted by Gasteiger charge is 2.10. The van der Waals surface area contributed by atoms with Gasteiger partial charge in [-0.2, -0.15) is 0 Å². The molecule has 108 valence electrons. The molecule has 0 aromatic heterocycles. The lowest BCUT2D eigenvalue weighted by atomic mass is 9.96. The van der Waals surface area contributed by atoms with E-state index in [0.717, 1.165) is 32.7 Å². The lowest BCUT2D eigenvalue weighted by molar-refractivity contribution is 0.124. The summed E-state index contributed by atoms with van der Waals surface area (Å²) in [4.78, 5) is 0. The van der Waals surface area contributed by atoms with Crippen LogP contribution in [-0.4, -0.2) is 26.3 Å². The zero-order valence-electron chi connectivity index (χ0n) is 12.5. The molecule has 1 aromatic carbocycles.